The van der Waals surface area contributed by atoms with E-state index in [-0.39, 0.29) is 5.41 Å². The van der Waals surface area contributed by atoms with E-state index < -0.39 is 0 Å². The van der Waals surface area contributed by atoms with Crippen LogP contribution in [0.2, 0.25) is 0 Å². The highest BCUT2D eigenvalue weighted by atomic mass is 14.8. The lowest BCUT2D eigenvalue weighted by Gasteiger charge is -2.27. The first-order valence-corrected chi connectivity index (χ1v) is 8.62. The van der Waals surface area contributed by atoms with E-state index in [9.17, 15) is 0 Å². The summed E-state index contributed by atoms with van der Waals surface area (Å²) in [4.78, 5) is 3.97. The van der Waals surface area contributed by atoms with Crippen LogP contribution >= 0.6 is 0 Å². The van der Waals surface area contributed by atoms with E-state index >= 15 is 0 Å². The molecule has 25 heavy (non-hydrogen) atoms. The SMILES string of the molecule is C=C.CCC(C)(C)c1ccc(-c2ccccc2)cc1N/C=C\C=NC. The highest BCUT2D eigenvalue weighted by Gasteiger charge is 2.21. The number of anilines is 1. The molecule has 0 aromatic heterocycles. The third kappa shape index (κ3) is 5.75. The molecule has 132 valence electrons. The molecular weight excluding hydrogens is 304 g/mol. The van der Waals surface area contributed by atoms with E-state index in [0.29, 0.717) is 0 Å². The molecule has 0 fully saturated rings. The first-order chi connectivity index (χ1) is 12.1. The predicted molar refractivity (Wildman–Crippen MR) is 114 cm³/mol. The van der Waals surface area contributed by atoms with E-state index in [1.165, 1.54) is 16.7 Å². The summed E-state index contributed by atoms with van der Waals surface area (Å²) in [6.07, 6.45) is 6.72. The Morgan fingerprint density at radius 3 is 2.32 bits per heavy atom. The van der Waals surface area contributed by atoms with Gasteiger partial charge in [-0.25, -0.2) is 0 Å². The van der Waals surface area contributed by atoms with Crippen LogP contribution in [0.5, 0.6) is 0 Å². The quantitative estimate of drug-likeness (QED) is 0.475. The Kier molecular flexibility index (Phi) is 8.42. The standard InChI is InChI=1S/C21H26N2.C2H4/c1-5-21(2,3)19-13-12-18(17-10-7-6-8-11-17)16-20(19)23-15-9-14-22-4;1-2/h6-16,23H,5H2,1-4H3;1-2H2/b15-9-,22-14?;. The summed E-state index contributed by atoms with van der Waals surface area (Å²) in [5.74, 6) is 0. The lowest BCUT2D eigenvalue weighted by atomic mass is 9.80. The van der Waals surface area contributed by atoms with Crippen LogP contribution in [-0.4, -0.2) is 13.3 Å². The fourth-order valence-corrected chi connectivity index (χ4v) is 2.52. The third-order valence-corrected chi connectivity index (χ3v) is 4.31. The van der Waals surface area contributed by atoms with Crippen molar-refractivity contribution in [1.82, 2.24) is 0 Å². The van der Waals surface area contributed by atoms with E-state index in [0.717, 1.165) is 12.1 Å². The minimum absolute atomic E-state index is 0.129. The smallest absolute Gasteiger partial charge is 0.0424 e. The summed E-state index contributed by atoms with van der Waals surface area (Å²) >= 11 is 0. The molecule has 0 aliphatic rings. The number of rotatable bonds is 6. The van der Waals surface area contributed by atoms with Crippen molar-refractivity contribution in [3.8, 4) is 11.1 Å². The molecule has 0 amide bonds. The number of nitrogens with zero attached hydrogens (tertiary/aromatic N) is 1. The molecule has 0 bridgehead atoms. The first-order valence-electron chi connectivity index (χ1n) is 8.62. The average Bonchev–Trinajstić information content (AvgIpc) is 2.67. The van der Waals surface area contributed by atoms with Crippen LogP contribution in [0.1, 0.15) is 32.8 Å². The van der Waals surface area contributed by atoms with Crippen molar-refractivity contribution >= 4 is 11.9 Å². The van der Waals surface area contributed by atoms with E-state index in [4.69, 9.17) is 0 Å². The van der Waals surface area contributed by atoms with Crippen molar-refractivity contribution in [3.63, 3.8) is 0 Å². The van der Waals surface area contributed by atoms with Crippen LogP contribution in [0.3, 0.4) is 0 Å². The van der Waals surface area contributed by atoms with Gasteiger partial charge in [-0.1, -0.05) is 63.2 Å². The zero-order valence-electron chi connectivity index (χ0n) is 15.9. The number of benzene rings is 2. The van der Waals surface area contributed by atoms with E-state index in [2.05, 4.69) is 86.7 Å². The fourth-order valence-electron chi connectivity index (χ4n) is 2.52. The second-order valence-corrected chi connectivity index (χ2v) is 6.27. The molecule has 1 N–H and O–H groups in total. The van der Waals surface area contributed by atoms with Crippen LogP contribution in [0.25, 0.3) is 11.1 Å². The van der Waals surface area contributed by atoms with Gasteiger partial charge in [-0.05, 0) is 40.7 Å². The molecule has 2 heteroatoms. The Hall–Kier alpha value is -2.61. The van der Waals surface area contributed by atoms with Gasteiger partial charge >= 0.3 is 0 Å². The molecule has 0 saturated carbocycles. The van der Waals surface area contributed by atoms with Crippen molar-refractivity contribution in [2.24, 2.45) is 4.99 Å². The average molecular weight is 335 g/mol. The van der Waals surface area contributed by atoms with Gasteiger partial charge in [0.15, 0.2) is 0 Å². The molecule has 0 atom stereocenters. The van der Waals surface area contributed by atoms with Crippen LogP contribution < -0.4 is 5.32 Å². The maximum Gasteiger partial charge on any atom is 0.0424 e. The molecule has 0 saturated heterocycles. The normalized spacial score (nSPS) is 11.4. The summed E-state index contributed by atoms with van der Waals surface area (Å²) in [7, 11) is 1.77. The van der Waals surface area contributed by atoms with Crippen LogP contribution in [-0.2, 0) is 5.41 Å². The first kappa shape index (κ1) is 20.4. The lowest BCUT2D eigenvalue weighted by molar-refractivity contribution is 0.508. The van der Waals surface area contributed by atoms with Gasteiger partial charge in [0.1, 0.15) is 0 Å². The Bertz CT molecular complexity index is 697. The van der Waals surface area contributed by atoms with Crippen molar-refractivity contribution in [2.45, 2.75) is 32.6 Å². The van der Waals surface area contributed by atoms with Crippen molar-refractivity contribution < 1.29 is 0 Å². The summed E-state index contributed by atoms with van der Waals surface area (Å²) in [6.45, 7) is 12.8. The zero-order chi connectivity index (χ0) is 18.7. The molecule has 0 aliphatic carbocycles. The van der Waals surface area contributed by atoms with Crippen molar-refractivity contribution in [2.75, 3.05) is 12.4 Å². The highest BCUT2D eigenvalue weighted by molar-refractivity contribution is 5.74. The van der Waals surface area contributed by atoms with Crippen molar-refractivity contribution in [1.29, 1.82) is 0 Å². The minimum atomic E-state index is 0.129. The second kappa shape index (κ2) is 10.3. The third-order valence-electron chi connectivity index (χ3n) is 4.31. The minimum Gasteiger partial charge on any atom is -0.361 e. The second-order valence-electron chi connectivity index (χ2n) is 6.27. The molecule has 2 aromatic carbocycles. The molecule has 2 rings (SSSR count). The van der Waals surface area contributed by atoms with Crippen LogP contribution in [0.4, 0.5) is 5.69 Å². The number of aliphatic imine (C=N–C) groups is 1. The van der Waals surface area contributed by atoms with E-state index in [1.807, 2.05) is 18.3 Å². The van der Waals surface area contributed by atoms with Gasteiger partial charge < -0.3 is 5.32 Å². The van der Waals surface area contributed by atoms with Gasteiger partial charge in [-0.15, -0.1) is 13.2 Å². The molecular formula is C23H30N2. The zero-order valence-corrected chi connectivity index (χ0v) is 15.9. The van der Waals surface area contributed by atoms with Gasteiger partial charge in [0.25, 0.3) is 0 Å². The molecule has 0 heterocycles. The topological polar surface area (TPSA) is 24.4 Å². The molecule has 0 aliphatic heterocycles. The van der Waals surface area contributed by atoms with Crippen LogP contribution in [0.15, 0.2) is 79.0 Å². The van der Waals surface area contributed by atoms with Gasteiger partial charge in [-0.2, -0.15) is 0 Å². The van der Waals surface area contributed by atoms with Crippen molar-refractivity contribution in [3.05, 3.63) is 79.5 Å². The number of hydrogen-bond donors (Lipinski definition) is 1. The van der Waals surface area contributed by atoms with E-state index in [1.54, 1.807) is 13.3 Å². The fraction of sp³-hybridized carbons (Fsp3) is 0.261. The highest BCUT2D eigenvalue weighted by Crippen LogP contribution is 2.35. The summed E-state index contributed by atoms with van der Waals surface area (Å²) in [6, 6.07) is 17.2. The van der Waals surface area contributed by atoms with Gasteiger partial charge in [0.05, 0.1) is 0 Å². The van der Waals surface area contributed by atoms with Gasteiger partial charge in [0.2, 0.25) is 0 Å². The molecule has 0 radical (unpaired) electrons. The largest absolute Gasteiger partial charge is 0.361 e. The molecule has 2 nitrogen and oxygen atoms in total. The number of hydrogen-bond acceptors (Lipinski definition) is 2. The van der Waals surface area contributed by atoms with Crippen LogP contribution in [0, 0.1) is 0 Å². The Balaban J connectivity index is 0.00000151. The summed E-state index contributed by atoms with van der Waals surface area (Å²) in [5.41, 5.74) is 5.07. The summed E-state index contributed by atoms with van der Waals surface area (Å²) < 4.78 is 0. The number of allylic oxidation sites excluding steroid dienone is 1. The monoisotopic (exact) mass is 334 g/mol. The summed E-state index contributed by atoms with van der Waals surface area (Å²) in [5, 5.41) is 3.43. The molecule has 2 aromatic rings. The molecule has 0 unspecified atom stereocenters. The number of nitrogens with one attached hydrogen (secondary N) is 1. The Morgan fingerprint density at radius 2 is 1.72 bits per heavy atom. The lowest BCUT2D eigenvalue weighted by Crippen LogP contribution is -2.17. The maximum atomic E-state index is 3.97. The van der Waals surface area contributed by atoms with Gasteiger partial charge in [0, 0.05) is 25.1 Å². The predicted octanol–water partition coefficient (Wildman–Crippen LogP) is 6.47. The van der Waals surface area contributed by atoms with Gasteiger partial charge in [-0.3, -0.25) is 4.99 Å². The Labute approximate surface area is 153 Å². The molecule has 0 spiro atoms. The maximum absolute atomic E-state index is 3.97. The Morgan fingerprint density at radius 1 is 1.04 bits per heavy atom.